The predicted octanol–water partition coefficient (Wildman–Crippen LogP) is 3.82. The van der Waals surface area contributed by atoms with E-state index in [4.69, 9.17) is 10.5 Å². The minimum absolute atomic E-state index is 0.100. The molecule has 0 saturated carbocycles. The zero-order chi connectivity index (χ0) is 27.7. The zero-order valence-corrected chi connectivity index (χ0v) is 23.0. The maximum Gasteiger partial charge on any atom is 0.408 e. The largest absolute Gasteiger partial charge is 0.444 e. The van der Waals surface area contributed by atoms with Gasteiger partial charge in [0.25, 0.3) is 0 Å². The highest BCUT2D eigenvalue weighted by molar-refractivity contribution is 5.95. The monoisotopic (exact) mass is 504 g/mol. The number of rotatable bonds is 12. The van der Waals surface area contributed by atoms with Crippen LogP contribution in [-0.2, 0) is 19.1 Å². The summed E-state index contributed by atoms with van der Waals surface area (Å²) in [6.07, 6.45) is 0.886. The lowest BCUT2D eigenvalue weighted by Crippen LogP contribution is -2.60. The van der Waals surface area contributed by atoms with Crippen LogP contribution in [0.15, 0.2) is 30.3 Å². The topological polar surface area (TPSA) is 131 Å². The summed E-state index contributed by atoms with van der Waals surface area (Å²) in [6.45, 7) is 14.6. The lowest BCUT2D eigenvalue weighted by atomic mass is 9.91. The molecule has 0 bridgehead atoms. The minimum Gasteiger partial charge on any atom is -0.444 e. The Morgan fingerprint density at radius 1 is 1.00 bits per heavy atom. The van der Waals surface area contributed by atoms with Crippen LogP contribution in [0.1, 0.15) is 92.7 Å². The number of carbonyl (C=O) groups is 4. The van der Waals surface area contributed by atoms with Gasteiger partial charge in [0.15, 0.2) is 0 Å². The number of ether oxygens (including phenoxy) is 1. The second-order valence-corrected chi connectivity index (χ2v) is 10.8. The smallest absolute Gasteiger partial charge is 0.408 e. The van der Waals surface area contributed by atoms with Gasteiger partial charge in [-0.1, -0.05) is 50.6 Å². The molecule has 0 aromatic heterocycles. The molecule has 1 aromatic rings. The van der Waals surface area contributed by atoms with Crippen molar-refractivity contribution in [3.05, 3.63) is 35.9 Å². The molecule has 0 fully saturated rings. The van der Waals surface area contributed by atoms with Gasteiger partial charge in [0.2, 0.25) is 17.7 Å². The second kappa shape index (κ2) is 13.3. The summed E-state index contributed by atoms with van der Waals surface area (Å²) in [5.41, 5.74) is 4.43. The maximum atomic E-state index is 14.1. The van der Waals surface area contributed by atoms with E-state index in [0.29, 0.717) is 12.0 Å². The summed E-state index contributed by atoms with van der Waals surface area (Å²) in [7, 11) is 0. The first-order valence-electron chi connectivity index (χ1n) is 12.6. The quantitative estimate of drug-likeness (QED) is 0.398. The average Bonchev–Trinajstić information content (AvgIpc) is 2.75. The SMILES string of the molecule is CCCC(C)NC(=O)C(c1ccccc1)N(C(=O)C(CC(N)=O)NC(=O)OC(C)(C)C)C(C)(C)CC. The number of nitrogens with one attached hydrogen (secondary N) is 2. The van der Waals surface area contributed by atoms with Gasteiger partial charge >= 0.3 is 6.09 Å². The molecule has 0 heterocycles. The van der Waals surface area contributed by atoms with E-state index in [9.17, 15) is 19.2 Å². The Morgan fingerprint density at radius 3 is 2.06 bits per heavy atom. The molecule has 3 atom stereocenters. The number of hydrogen-bond donors (Lipinski definition) is 3. The number of primary amides is 1. The number of benzene rings is 1. The highest BCUT2D eigenvalue weighted by atomic mass is 16.6. The van der Waals surface area contributed by atoms with Crippen LogP contribution < -0.4 is 16.4 Å². The predicted molar refractivity (Wildman–Crippen MR) is 140 cm³/mol. The molecule has 9 nitrogen and oxygen atoms in total. The van der Waals surface area contributed by atoms with Gasteiger partial charge in [-0.05, 0) is 59.9 Å². The number of alkyl carbamates (subject to hydrolysis) is 1. The first-order valence-corrected chi connectivity index (χ1v) is 12.6. The zero-order valence-electron chi connectivity index (χ0n) is 23.0. The van der Waals surface area contributed by atoms with Crippen LogP contribution in [0.25, 0.3) is 0 Å². The lowest BCUT2D eigenvalue weighted by Gasteiger charge is -2.44. The average molecular weight is 505 g/mol. The van der Waals surface area contributed by atoms with Crippen molar-refractivity contribution in [2.45, 2.75) is 110 Å². The molecule has 3 unspecified atom stereocenters. The molecule has 0 aliphatic rings. The molecule has 202 valence electrons. The van der Waals surface area contributed by atoms with Crippen LogP contribution in [-0.4, -0.2) is 51.9 Å². The van der Waals surface area contributed by atoms with E-state index in [1.807, 2.05) is 40.7 Å². The highest BCUT2D eigenvalue weighted by Gasteiger charge is 2.43. The van der Waals surface area contributed by atoms with Crippen molar-refractivity contribution < 1.29 is 23.9 Å². The first kappa shape index (κ1) is 30.9. The van der Waals surface area contributed by atoms with Gasteiger partial charge in [-0.15, -0.1) is 0 Å². The van der Waals surface area contributed by atoms with E-state index in [2.05, 4.69) is 10.6 Å². The summed E-state index contributed by atoms with van der Waals surface area (Å²) >= 11 is 0. The van der Waals surface area contributed by atoms with Crippen LogP contribution in [0.2, 0.25) is 0 Å². The van der Waals surface area contributed by atoms with Crippen LogP contribution in [0.3, 0.4) is 0 Å². The van der Waals surface area contributed by atoms with Crippen LogP contribution in [0, 0.1) is 0 Å². The molecule has 0 spiro atoms. The van der Waals surface area contributed by atoms with Crippen LogP contribution in [0.4, 0.5) is 4.79 Å². The Bertz CT molecular complexity index is 895. The number of carbonyl (C=O) groups excluding carboxylic acids is 4. The van der Waals surface area contributed by atoms with Crippen molar-refractivity contribution in [3.8, 4) is 0 Å². The lowest BCUT2D eigenvalue weighted by molar-refractivity contribution is -0.150. The summed E-state index contributed by atoms with van der Waals surface area (Å²) in [6, 6.07) is 6.58. The molecule has 1 aromatic carbocycles. The van der Waals surface area contributed by atoms with E-state index in [1.165, 1.54) is 4.90 Å². The Kier molecular flexibility index (Phi) is 11.4. The number of nitrogens with two attached hydrogens (primary N) is 1. The van der Waals surface area contributed by atoms with E-state index < -0.39 is 47.6 Å². The molecule has 0 aliphatic heterocycles. The summed E-state index contributed by atoms with van der Waals surface area (Å²) in [5, 5.41) is 5.53. The third kappa shape index (κ3) is 9.51. The number of nitrogens with zero attached hydrogens (tertiary/aromatic N) is 1. The maximum absolute atomic E-state index is 14.1. The molecule has 0 radical (unpaired) electrons. The Labute approximate surface area is 215 Å². The molecule has 36 heavy (non-hydrogen) atoms. The summed E-state index contributed by atoms with van der Waals surface area (Å²) in [4.78, 5) is 53.7. The fourth-order valence-electron chi connectivity index (χ4n) is 3.84. The van der Waals surface area contributed by atoms with E-state index in [1.54, 1.807) is 45.0 Å². The molecule has 0 aliphatic carbocycles. The minimum atomic E-state index is -1.31. The van der Waals surface area contributed by atoms with Gasteiger partial charge in [0, 0.05) is 11.6 Å². The first-order chi connectivity index (χ1) is 16.6. The molecular formula is C27H44N4O5. The van der Waals surface area contributed by atoms with Gasteiger partial charge in [-0.2, -0.15) is 0 Å². The third-order valence-corrected chi connectivity index (χ3v) is 5.88. The Balaban J connectivity index is 3.58. The molecule has 4 N–H and O–H groups in total. The highest BCUT2D eigenvalue weighted by Crippen LogP contribution is 2.32. The second-order valence-electron chi connectivity index (χ2n) is 10.8. The summed E-state index contributed by atoms with van der Waals surface area (Å²) in [5.74, 6) is -1.71. The normalized spacial score (nSPS) is 14.2. The Hall–Kier alpha value is -3.10. The molecule has 4 amide bonds. The van der Waals surface area contributed by atoms with Crippen molar-refractivity contribution in [2.75, 3.05) is 0 Å². The van der Waals surface area contributed by atoms with Crippen molar-refractivity contribution in [3.63, 3.8) is 0 Å². The van der Waals surface area contributed by atoms with Crippen LogP contribution >= 0.6 is 0 Å². The van der Waals surface area contributed by atoms with Gasteiger partial charge in [-0.3, -0.25) is 14.4 Å². The molecule has 0 saturated heterocycles. The van der Waals surface area contributed by atoms with E-state index in [0.717, 1.165) is 12.8 Å². The standard InChI is InChI=1S/C27H44N4O5/c1-9-14-18(3)29-23(33)22(19-15-12-11-13-16-19)31(27(7,8)10-2)24(34)20(17-21(28)32)30-25(35)36-26(4,5)6/h11-13,15-16,18,20,22H,9-10,14,17H2,1-8H3,(H2,28,32)(H,29,33)(H,30,35). The van der Waals surface area contributed by atoms with Crippen molar-refractivity contribution >= 4 is 23.8 Å². The van der Waals surface area contributed by atoms with Gasteiger partial charge in [0.1, 0.15) is 17.7 Å². The number of hydrogen-bond acceptors (Lipinski definition) is 5. The summed E-state index contributed by atoms with van der Waals surface area (Å²) < 4.78 is 5.31. The third-order valence-electron chi connectivity index (χ3n) is 5.88. The van der Waals surface area contributed by atoms with Crippen molar-refractivity contribution in [1.29, 1.82) is 0 Å². The van der Waals surface area contributed by atoms with Crippen LogP contribution in [0.5, 0.6) is 0 Å². The Morgan fingerprint density at radius 2 is 1.58 bits per heavy atom. The molecule has 1 rings (SSSR count). The fraction of sp³-hybridized carbons (Fsp3) is 0.630. The van der Waals surface area contributed by atoms with E-state index >= 15 is 0 Å². The number of amides is 4. The fourth-order valence-corrected chi connectivity index (χ4v) is 3.84. The van der Waals surface area contributed by atoms with Gasteiger partial charge < -0.3 is 26.0 Å². The molecule has 9 heteroatoms. The molecular weight excluding hydrogens is 460 g/mol. The van der Waals surface area contributed by atoms with Crippen molar-refractivity contribution in [2.24, 2.45) is 5.73 Å². The van der Waals surface area contributed by atoms with Crippen molar-refractivity contribution in [1.82, 2.24) is 15.5 Å². The van der Waals surface area contributed by atoms with E-state index in [-0.39, 0.29) is 11.9 Å². The van der Waals surface area contributed by atoms with Gasteiger partial charge in [-0.25, -0.2) is 4.79 Å². The van der Waals surface area contributed by atoms with Gasteiger partial charge in [0.05, 0.1) is 6.42 Å².